The Kier molecular flexibility index (Phi) is 5.66. The topological polar surface area (TPSA) is 99.3 Å². The molecule has 0 saturated carbocycles. The average molecular weight is 448 g/mol. The van der Waals surface area contributed by atoms with Crippen LogP contribution in [0.15, 0.2) is 58.4 Å². The van der Waals surface area contributed by atoms with E-state index < -0.39 is 26.9 Å². The Morgan fingerprint density at radius 2 is 1.73 bits per heavy atom. The Hall–Kier alpha value is -2.84. The molecule has 1 aromatic heterocycles. The number of hydrogen-bond acceptors (Lipinski definition) is 4. The summed E-state index contributed by atoms with van der Waals surface area (Å²) >= 11 is 5.87. The van der Waals surface area contributed by atoms with Crippen LogP contribution in [0.1, 0.15) is 31.1 Å². The first-order valence-electron chi connectivity index (χ1n) is 9.12. The van der Waals surface area contributed by atoms with Crippen molar-refractivity contribution in [2.75, 3.05) is 11.4 Å². The molecule has 158 valence electrons. The number of nitrogens with one attached hydrogen (secondary N) is 2. The molecule has 0 bridgehead atoms. The van der Waals surface area contributed by atoms with Gasteiger partial charge in [-0.2, -0.15) is 0 Å². The Morgan fingerprint density at radius 1 is 1.10 bits per heavy atom. The van der Waals surface area contributed by atoms with Crippen LogP contribution in [-0.4, -0.2) is 31.9 Å². The number of H-pyrrole nitrogens is 1. The number of hydrogen-bond donors (Lipinski definition) is 2. The number of aromatic nitrogens is 1. The zero-order valence-electron chi connectivity index (χ0n) is 17.0. The molecule has 30 heavy (non-hydrogen) atoms. The van der Waals surface area contributed by atoms with Gasteiger partial charge in [0, 0.05) is 34.7 Å². The molecule has 0 atom stereocenters. The van der Waals surface area contributed by atoms with Crippen molar-refractivity contribution in [2.45, 2.75) is 31.2 Å². The van der Waals surface area contributed by atoms with Crippen molar-refractivity contribution in [1.82, 2.24) is 10.3 Å². The molecule has 1 heterocycles. The van der Waals surface area contributed by atoms with Crippen LogP contribution in [0.25, 0.3) is 10.9 Å². The number of benzene rings is 2. The maximum atomic E-state index is 13.1. The average Bonchev–Trinajstić information content (AvgIpc) is 2.66. The first-order valence-corrected chi connectivity index (χ1v) is 10.9. The fraction of sp³-hybridized carbons (Fsp3) is 0.238. The van der Waals surface area contributed by atoms with E-state index in [4.69, 9.17) is 11.6 Å². The lowest BCUT2D eigenvalue weighted by Gasteiger charge is -2.20. The summed E-state index contributed by atoms with van der Waals surface area (Å²) < 4.78 is 27.3. The smallest absolute Gasteiger partial charge is 0.264 e. The molecule has 2 aromatic carbocycles. The van der Waals surface area contributed by atoms with Gasteiger partial charge >= 0.3 is 0 Å². The van der Waals surface area contributed by atoms with Crippen LogP contribution < -0.4 is 15.1 Å². The molecule has 1 amide bonds. The lowest BCUT2D eigenvalue weighted by molar-refractivity contribution is 0.0918. The zero-order chi connectivity index (χ0) is 22.3. The second-order valence-electron chi connectivity index (χ2n) is 7.89. The largest absolute Gasteiger partial charge is 0.360 e. The van der Waals surface area contributed by atoms with Crippen molar-refractivity contribution in [3.05, 3.63) is 69.5 Å². The van der Waals surface area contributed by atoms with Gasteiger partial charge in [-0.1, -0.05) is 11.6 Å². The molecule has 0 aliphatic heterocycles. The van der Waals surface area contributed by atoms with Crippen molar-refractivity contribution >= 4 is 44.1 Å². The summed E-state index contributed by atoms with van der Waals surface area (Å²) in [4.78, 5) is 28.2. The van der Waals surface area contributed by atoms with E-state index in [0.29, 0.717) is 16.2 Å². The molecule has 0 aliphatic rings. The second-order valence-corrected chi connectivity index (χ2v) is 10.3. The number of anilines is 1. The van der Waals surface area contributed by atoms with Crippen LogP contribution in [0.4, 0.5) is 5.69 Å². The maximum Gasteiger partial charge on any atom is 0.264 e. The summed E-state index contributed by atoms with van der Waals surface area (Å²) in [7, 11) is -2.52. The SMILES string of the molecule is CN(c1ccc(Cl)cc1)S(=O)(=O)c1ccc2[nH]cc(C(=O)NC(C)(C)C)c(=O)c2c1. The van der Waals surface area contributed by atoms with E-state index in [9.17, 15) is 18.0 Å². The molecule has 0 saturated heterocycles. The van der Waals surface area contributed by atoms with E-state index in [0.717, 1.165) is 4.31 Å². The van der Waals surface area contributed by atoms with Crippen LogP contribution in [0.2, 0.25) is 5.02 Å². The molecule has 2 N–H and O–H groups in total. The number of rotatable bonds is 4. The molecular formula is C21H22ClN3O4S. The first kappa shape index (κ1) is 21.9. The van der Waals surface area contributed by atoms with Gasteiger partial charge in [-0.3, -0.25) is 13.9 Å². The van der Waals surface area contributed by atoms with Crippen LogP contribution in [-0.2, 0) is 10.0 Å². The van der Waals surface area contributed by atoms with Crippen molar-refractivity contribution in [2.24, 2.45) is 0 Å². The predicted octanol–water partition coefficient (Wildman–Crippen LogP) is 3.53. The highest BCUT2D eigenvalue weighted by atomic mass is 35.5. The van der Waals surface area contributed by atoms with Crippen LogP contribution >= 0.6 is 11.6 Å². The van der Waals surface area contributed by atoms with Crippen LogP contribution in [0.5, 0.6) is 0 Å². The number of carbonyl (C=O) groups is 1. The lowest BCUT2D eigenvalue weighted by Crippen LogP contribution is -2.42. The Morgan fingerprint density at radius 3 is 2.33 bits per heavy atom. The molecule has 0 radical (unpaired) electrons. The third-order valence-electron chi connectivity index (χ3n) is 4.43. The Bertz CT molecular complexity index is 1280. The highest BCUT2D eigenvalue weighted by Gasteiger charge is 2.23. The molecule has 0 unspecified atom stereocenters. The maximum absolute atomic E-state index is 13.1. The van der Waals surface area contributed by atoms with Gasteiger partial charge in [-0.15, -0.1) is 0 Å². The number of fused-ring (bicyclic) bond motifs is 1. The minimum absolute atomic E-state index is 0.0636. The van der Waals surface area contributed by atoms with Gasteiger partial charge in [-0.25, -0.2) is 8.42 Å². The second kappa shape index (κ2) is 7.77. The highest BCUT2D eigenvalue weighted by Crippen LogP contribution is 2.25. The summed E-state index contributed by atoms with van der Waals surface area (Å²) in [5.41, 5.74) is -0.299. The van der Waals surface area contributed by atoms with Gasteiger partial charge in [0.05, 0.1) is 10.6 Å². The molecular weight excluding hydrogens is 426 g/mol. The van der Waals surface area contributed by atoms with Gasteiger partial charge in [-0.05, 0) is 63.2 Å². The molecule has 3 rings (SSSR count). The van der Waals surface area contributed by atoms with E-state index in [2.05, 4.69) is 10.3 Å². The normalized spacial score (nSPS) is 12.0. The lowest BCUT2D eigenvalue weighted by atomic mass is 10.1. The summed E-state index contributed by atoms with van der Waals surface area (Å²) in [6.07, 6.45) is 1.33. The minimum atomic E-state index is -3.94. The number of halogens is 1. The number of sulfonamides is 1. The van der Waals surface area contributed by atoms with Crippen molar-refractivity contribution in [1.29, 1.82) is 0 Å². The summed E-state index contributed by atoms with van der Waals surface area (Å²) in [5.74, 6) is -0.530. The van der Waals surface area contributed by atoms with Crippen molar-refractivity contribution in [3.63, 3.8) is 0 Å². The Balaban J connectivity index is 2.07. The standard InChI is InChI=1S/C21H22ClN3O4S/c1-21(2,3)24-20(27)17-12-23-18-10-9-15(11-16(18)19(17)26)30(28,29)25(4)14-7-5-13(22)6-8-14/h5-12H,1-4H3,(H,23,26)(H,24,27). The molecule has 0 spiro atoms. The van der Waals surface area contributed by atoms with E-state index in [1.165, 1.54) is 31.4 Å². The zero-order valence-corrected chi connectivity index (χ0v) is 18.6. The number of nitrogens with zero attached hydrogens (tertiary/aromatic N) is 1. The summed E-state index contributed by atoms with van der Waals surface area (Å²) in [5, 5.41) is 3.34. The summed E-state index contributed by atoms with van der Waals surface area (Å²) in [6, 6.07) is 10.6. The number of amides is 1. The number of carbonyl (C=O) groups excluding carboxylic acids is 1. The van der Waals surface area contributed by atoms with Crippen molar-refractivity contribution < 1.29 is 13.2 Å². The van der Waals surface area contributed by atoms with Crippen LogP contribution in [0.3, 0.4) is 0 Å². The number of pyridine rings is 1. The first-order chi connectivity index (χ1) is 13.9. The fourth-order valence-corrected chi connectivity index (χ4v) is 4.23. The van der Waals surface area contributed by atoms with E-state index in [1.54, 1.807) is 45.0 Å². The highest BCUT2D eigenvalue weighted by molar-refractivity contribution is 7.92. The molecule has 0 aliphatic carbocycles. The van der Waals surface area contributed by atoms with E-state index in [-0.39, 0.29) is 15.8 Å². The third-order valence-corrected chi connectivity index (χ3v) is 6.47. The molecule has 7 nitrogen and oxygen atoms in total. The van der Waals surface area contributed by atoms with E-state index in [1.807, 2.05) is 0 Å². The predicted molar refractivity (Wildman–Crippen MR) is 119 cm³/mol. The summed E-state index contributed by atoms with van der Waals surface area (Å²) in [6.45, 7) is 5.41. The molecule has 3 aromatic rings. The minimum Gasteiger partial charge on any atom is -0.360 e. The van der Waals surface area contributed by atoms with Gasteiger partial charge in [0.1, 0.15) is 5.56 Å². The van der Waals surface area contributed by atoms with E-state index >= 15 is 0 Å². The van der Waals surface area contributed by atoms with Crippen LogP contribution in [0, 0.1) is 0 Å². The monoisotopic (exact) mass is 447 g/mol. The molecule has 0 fully saturated rings. The van der Waals surface area contributed by atoms with Crippen molar-refractivity contribution in [3.8, 4) is 0 Å². The third kappa shape index (κ3) is 4.34. The Labute approximate surface area is 179 Å². The van der Waals surface area contributed by atoms with Gasteiger partial charge in [0.15, 0.2) is 0 Å². The molecule has 9 heteroatoms. The number of aromatic amines is 1. The quantitative estimate of drug-likeness (QED) is 0.639. The van der Waals surface area contributed by atoms with Gasteiger partial charge in [0.25, 0.3) is 15.9 Å². The van der Waals surface area contributed by atoms with Gasteiger partial charge in [0.2, 0.25) is 5.43 Å². The van der Waals surface area contributed by atoms with Gasteiger partial charge < -0.3 is 10.3 Å². The fourth-order valence-electron chi connectivity index (χ4n) is 2.88.